The van der Waals surface area contributed by atoms with Gasteiger partial charge in [0.05, 0.1) is 32.0 Å². The van der Waals surface area contributed by atoms with Crippen molar-refractivity contribution in [3.05, 3.63) is 61.9 Å². The average molecular weight is 437 g/mol. The number of fused-ring (bicyclic) bond motifs is 2. The third kappa shape index (κ3) is 3.32. The zero-order valence-electron chi connectivity index (χ0n) is 13.9. The number of aryl methyl sites for hydroxylation is 1. The number of aromatic nitrogens is 1. The summed E-state index contributed by atoms with van der Waals surface area (Å²) in [6.07, 6.45) is 0. The standard InChI is InChI=1S/C19H12Cl3N3OS/c1-8-2-3-9-5-10-16(23)17(27-19(10)25-14(9)4-8)18(26)24-15-7-12(21)11(20)6-13(15)22/h2-7H,23H2,1H3,(H,24,26). The lowest BCUT2D eigenvalue weighted by molar-refractivity contribution is 0.103. The van der Waals surface area contributed by atoms with Crippen molar-refractivity contribution in [2.75, 3.05) is 11.1 Å². The molecule has 0 spiro atoms. The SMILES string of the molecule is Cc1ccc2cc3c(N)c(C(=O)Nc4cc(Cl)c(Cl)cc4Cl)sc3nc2c1. The Morgan fingerprint density at radius 2 is 1.81 bits per heavy atom. The molecular weight excluding hydrogens is 425 g/mol. The van der Waals surface area contributed by atoms with Crippen molar-refractivity contribution in [1.82, 2.24) is 4.98 Å². The number of rotatable bonds is 2. The minimum absolute atomic E-state index is 0.289. The Morgan fingerprint density at radius 3 is 2.59 bits per heavy atom. The van der Waals surface area contributed by atoms with Gasteiger partial charge in [0.15, 0.2) is 0 Å². The summed E-state index contributed by atoms with van der Waals surface area (Å²) in [5.41, 5.74) is 8.97. The summed E-state index contributed by atoms with van der Waals surface area (Å²) in [4.78, 5) is 18.5. The van der Waals surface area contributed by atoms with E-state index in [2.05, 4.69) is 10.3 Å². The quantitative estimate of drug-likeness (QED) is 0.350. The van der Waals surface area contributed by atoms with Crippen LogP contribution in [0.2, 0.25) is 15.1 Å². The van der Waals surface area contributed by atoms with Gasteiger partial charge in [0.1, 0.15) is 9.71 Å². The van der Waals surface area contributed by atoms with E-state index >= 15 is 0 Å². The fourth-order valence-corrected chi connectivity index (χ4v) is 4.34. The number of nitrogens with zero attached hydrogens (tertiary/aromatic N) is 1. The maximum Gasteiger partial charge on any atom is 0.267 e. The summed E-state index contributed by atoms with van der Waals surface area (Å²) >= 11 is 19.3. The number of anilines is 2. The predicted molar refractivity (Wildman–Crippen MR) is 116 cm³/mol. The van der Waals surface area contributed by atoms with Gasteiger partial charge in [0.2, 0.25) is 0 Å². The van der Waals surface area contributed by atoms with E-state index in [0.29, 0.717) is 31.1 Å². The van der Waals surface area contributed by atoms with Crippen LogP contribution in [-0.4, -0.2) is 10.9 Å². The fourth-order valence-electron chi connectivity index (χ4n) is 2.77. The van der Waals surface area contributed by atoms with Crippen LogP contribution < -0.4 is 11.1 Å². The van der Waals surface area contributed by atoms with Crippen molar-refractivity contribution in [3.63, 3.8) is 0 Å². The highest BCUT2D eigenvalue weighted by Gasteiger charge is 2.19. The molecule has 27 heavy (non-hydrogen) atoms. The highest BCUT2D eigenvalue weighted by molar-refractivity contribution is 7.21. The number of hydrogen-bond acceptors (Lipinski definition) is 4. The molecule has 0 aliphatic heterocycles. The van der Waals surface area contributed by atoms with Crippen LogP contribution in [0.3, 0.4) is 0 Å². The minimum Gasteiger partial charge on any atom is -0.397 e. The number of nitrogens with two attached hydrogens (primary N) is 1. The van der Waals surface area contributed by atoms with Gasteiger partial charge in [0, 0.05) is 10.8 Å². The molecule has 0 bridgehead atoms. The van der Waals surface area contributed by atoms with Crippen molar-refractivity contribution in [2.45, 2.75) is 6.92 Å². The molecule has 0 fully saturated rings. The topological polar surface area (TPSA) is 68.0 Å². The Balaban J connectivity index is 1.77. The Bertz CT molecular complexity index is 1240. The fraction of sp³-hybridized carbons (Fsp3) is 0.0526. The number of nitrogens with one attached hydrogen (secondary N) is 1. The summed E-state index contributed by atoms with van der Waals surface area (Å²) in [7, 11) is 0. The molecule has 2 heterocycles. The molecule has 0 aliphatic rings. The van der Waals surface area contributed by atoms with E-state index in [1.807, 2.05) is 31.2 Å². The molecular formula is C19H12Cl3N3OS. The molecule has 4 aromatic rings. The first-order chi connectivity index (χ1) is 12.8. The number of thiophene rings is 1. The van der Waals surface area contributed by atoms with Crippen LogP contribution in [0.1, 0.15) is 15.2 Å². The van der Waals surface area contributed by atoms with Gasteiger partial charge in [0.25, 0.3) is 5.91 Å². The molecule has 4 rings (SSSR count). The number of nitrogen functional groups attached to an aromatic ring is 1. The molecule has 3 N–H and O–H groups in total. The summed E-state index contributed by atoms with van der Waals surface area (Å²) < 4.78 is 0. The normalized spacial score (nSPS) is 11.3. The third-order valence-electron chi connectivity index (χ3n) is 4.14. The third-order valence-corrected chi connectivity index (χ3v) is 6.28. The van der Waals surface area contributed by atoms with Gasteiger partial charge >= 0.3 is 0 Å². The lowest BCUT2D eigenvalue weighted by Gasteiger charge is -2.08. The zero-order chi connectivity index (χ0) is 19.3. The first kappa shape index (κ1) is 18.3. The lowest BCUT2D eigenvalue weighted by atomic mass is 10.1. The Hall–Kier alpha value is -2.05. The molecule has 0 unspecified atom stereocenters. The molecule has 0 saturated heterocycles. The van der Waals surface area contributed by atoms with Gasteiger partial charge < -0.3 is 11.1 Å². The molecule has 0 saturated carbocycles. The number of halogens is 3. The number of amides is 1. The average Bonchev–Trinajstić information content (AvgIpc) is 2.94. The molecule has 1 amide bonds. The first-order valence-corrected chi connectivity index (χ1v) is 9.84. The largest absolute Gasteiger partial charge is 0.397 e. The van der Waals surface area contributed by atoms with E-state index < -0.39 is 0 Å². The smallest absolute Gasteiger partial charge is 0.267 e. The number of benzene rings is 2. The summed E-state index contributed by atoms with van der Waals surface area (Å²) in [6.45, 7) is 2.01. The van der Waals surface area contributed by atoms with Crippen molar-refractivity contribution in [2.24, 2.45) is 0 Å². The van der Waals surface area contributed by atoms with Gasteiger partial charge in [-0.15, -0.1) is 11.3 Å². The predicted octanol–water partition coefficient (Wildman–Crippen LogP) is 6.55. The highest BCUT2D eigenvalue weighted by atomic mass is 35.5. The Labute approximate surface area is 173 Å². The minimum atomic E-state index is -0.379. The van der Waals surface area contributed by atoms with E-state index in [1.54, 1.807) is 0 Å². The zero-order valence-corrected chi connectivity index (χ0v) is 17.0. The van der Waals surface area contributed by atoms with E-state index in [4.69, 9.17) is 40.5 Å². The van der Waals surface area contributed by atoms with Gasteiger partial charge in [-0.3, -0.25) is 4.79 Å². The molecule has 2 aromatic heterocycles. The van der Waals surface area contributed by atoms with Crippen LogP contribution in [0.25, 0.3) is 21.1 Å². The van der Waals surface area contributed by atoms with Gasteiger partial charge in [-0.25, -0.2) is 4.98 Å². The summed E-state index contributed by atoms with van der Waals surface area (Å²) in [5.74, 6) is -0.379. The number of pyridine rings is 1. The molecule has 4 nitrogen and oxygen atoms in total. The van der Waals surface area contributed by atoms with Crippen LogP contribution >= 0.6 is 46.1 Å². The molecule has 2 aromatic carbocycles. The molecule has 8 heteroatoms. The maximum absolute atomic E-state index is 12.8. The van der Waals surface area contributed by atoms with Gasteiger partial charge in [-0.05, 0) is 36.8 Å². The van der Waals surface area contributed by atoms with Crippen LogP contribution in [0, 0.1) is 6.92 Å². The second kappa shape index (κ2) is 6.84. The lowest BCUT2D eigenvalue weighted by Crippen LogP contribution is -2.12. The van der Waals surface area contributed by atoms with Gasteiger partial charge in [-0.2, -0.15) is 0 Å². The first-order valence-electron chi connectivity index (χ1n) is 7.89. The Kier molecular flexibility index (Phi) is 4.64. The van der Waals surface area contributed by atoms with Crippen LogP contribution in [0.15, 0.2) is 36.4 Å². The summed E-state index contributed by atoms with van der Waals surface area (Å²) in [6, 6.07) is 10.9. The highest BCUT2D eigenvalue weighted by Crippen LogP contribution is 2.37. The van der Waals surface area contributed by atoms with Crippen LogP contribution in [-0.2, 0) is 0 Å². The number of carbonyl (C=O) groups is 1. The number of hydrogen-bond donors (Lipinski definition) is 2. The number of carbonyl (C=O) groups excluding carboxylic acids is 1. The molecule has 0 atom stereocenters. The van der Waals surface area contributed by atoms with Crippen molar-refractivity contribution < 1.29 is 4.79 Å². The molecule has 136 valence electrons. The van der Waals surface area contributed by atoms with Gasteiger partial charge in [-0.1, -0.05) is 46.9 Å². The van der Waals surface area contributed by atoms with E-state index in [1.165, 1.54) is 23.5 Å². The Morgan fingerprint density at radius 1 is 1.07 bits per heavy atom. The van der Waals surface area contributed by atoms with Crippen LogP contribution in [0.4, 0.5) is 11.4 Å². The van der Waals surface area contributed by atoms with E-state index in [0.717, 1.165) is 21.9 Å². The van der Waals surface area contributed by atoms with Crippen molar-refractivity contribution in [3.8, 4) is 0 Å². The second-order valence-corrected chi connectivity index (χ2v) is 8.30. The van der Waals surface area contributed by atoms with Crippen molar-refractivity contribution >= 4 is 84.5 Å². The monoisotopic (exact) mass is 435 g/mol. The maximum atomic E-state index is 12.8. The molecule has 0 radical (unpaired) electrons. The van der Waals surface area contributed by atoms with Crippen molar-refractivity contribution in [1.29, 1.82) is 0 Å². The summed E-state index contributed by atoms with van der Waals surface area (Å²) in [5, 5.41) is 5.35. The second-order valence-electron chi connectivity index (χ2n) is 6.08. The molecule has 0 aliphatic carbocycles. The van der Waals surface area contributed by atoms with E-state index in [-0.39, 0.29) is 10.9 Å². The van der Waals surface area contributed by atoms with E-state index in [9.17, 15) is 4.79 Å². The van der Waals surface area contributed by atoms with Crippen LogP contribution in [0.5, 0.6) is 0 Å².